The Kier molecular flexibility index (Phi) is 6.31. The van der Waals surface area contributed by atoms with E-state index in [-0.39, 0.29) is 31.4 Å². The minimum absolute atomic E-state index is 0.0758. The number of nitrogens with one attached hydrogen (secondary N) is 1. The minimum Gasteiger partial charge on any atom is -0.480 e. The Morgan fingerprint density at radius 3 is 2.33 bits per heavy atom. The first-order valence-electron chi connectivity index (χ1n) is 7.58. The van der Waals surface area contributed by atoms with E-state index in [0.717, 1.165) is 0 Å². The van der Waals surface area contributed by atoms with Crippen LogP contribution < -0.4 is 10.2 Å². The Hall–Kier alpha value is -2.89. The van der Waals surface area contributed by atoms with Gasteiger partial charge in [-0.05, 0) is 30.2 Å². The van der Waals surface area contributed by atoms with Gasteiger partial charge in [0.1, 0.15) is 12.4 Å². The number of carbonyl (C=O) groups is 2. The summed E-state index contributed by atoms with van der Waals surface area (Å²) in [6, 6.07) is 15.3. The van der Waals surface area contributed by atoms with Gasteiger partial charge in [0.15, 0.2) is 0 Å². The van der Waals surface area contributed by atoms with Crippen LogP contribution >= 0.6 is 0 Å². The summed E-state index contributed by atoms with van der Waals surface area (Å²) >= 11 is 0. The molecule has 0 atom stereocenters. The molecular weight excluding hydrogens is 311 g/mol. The summed E-state index contributed by atoms with van der Waals surface area (Å²) in [7, 11) is 0. The molecule has 0 radical (unpaired) electrons. The molecule has 1 amide bonds. The van der Waals surface area contributed by atoms with Crippen molar-refractivity contribution in [2.75, 3.05) is 24.5 Å². The molecule has 0 heterocycles. The number of anilines is 1. The highest BCUT2D eigenvalue weighted by Crippen LogP contribution is 2.12. The van der Waals surface area contributed by atoms with Crippen LogP contribution in [0.4, 0.5) is 10.1 Å². The van der Waals surface area contributed by atoms with Crippen molar-refractivity contribution in [2.24, 2.45) is 0 Å². The molecule has 2 aromatic rings. The first-order chi connectivity index (χ1) is 11.6. The Morgan fingerprint density at radius 2 is 1.67 bits per heavy atom. The van der Waals surface area contributed by atoms with Gasteiger partial charge in [-0.1, -0.05) is 36.4 Å². The summed E-state index contributed by atoms with van der Waals surface area (Å²) in [5, 5.41) is 11.7. The number of hydrogen-bond donors (Lipinski definition) is 2. The highest BCUT2D eigenvalue weighted by molar-refractivity contribution is 5.84. The summed E-state index contributed by atoms with van der Waals surface area (Å²) < 4.78 is 13.5. The van der Waals surface area contributed by atoms with E-state index in [1.54, 1.807) is 42.5 Å². The Balaban J connectivity index is 1.88. The fourth-order valence-corrected chi connectivity index (χ4v) is 2.31. The third-order valence-corrected chi connectivity index (χ3v) is 3.46. The number of amides is 1. The highest BCUT2D eigenvalue weighted by Gasteiger charge is 2.14. The van der Waals surface area contributed by atoms with Crippen LogP contribution in [0.2, 0.25) is 0 Å². The van der Waals surface area contributed by atoms with E-state index in [2.05, 4.69) is 5.32 Å². The van der Waals surface area contributed by atoms with Gasteiger partial charge in [0.2, 0.25) is 5.91 Å². The van der Waals surface area contributed by atoms with E-state index in [4.69, 9.17) is 5.11 Å². The van der Waals surface area contributed by atoms with Gasteiger partial charge in [-0.25, -0.2) is 4.39 Å². The van der Waals surface area contributed by atoms with Crippen molar-refractivity contribution in [3.05, 3.63) is 66.0 Å². The lowest BCUT2D eigenvalue weighted by molar-refractivity contribution is -0.135. The second-order valence-electron chi connectivity index (χ2n) is 5.28. The van der Waals surface area contributed by atoms with Crippen molar-refractivity contribution < 1.29 is 19.1 Å². The Labute approximate surface area is 139 Å². The zero-order valence-corrected chi connectivity index (χ0v) is 13.1. The molecule has 5 nitrogen and oxygen atoms in total. The number of aliphatic carboxylic acids is 1. The number of carbonyl (C=O) groups excluding carboxylic acids is 1. The van der Waals surface area contributed by atoms with Gasteiger partial charge < -0.3 is 15.3 Å². The van der Waals surface area contributed by atoms with Crippen LogP contribution in [0.5, 0.6) is 0 Å². The molecule has 0 aliphatic carbocycles. The fourth-order valence-electron chi connectivity index (χ4n) is 2.31. The van der Waals surface area contributed by atoms with Gasteiger partial charge in [-0.3, -0.25) is 9.59 Å². The number of hydrogen-bond acceptors (Lipinski definition) is 3. The molecule has 2 aromatic carbocycles. The normalized spacial score (nSPS) is 10.2. The van der Waals surface area contributed by atoms with Crippen LogP contribution in [0.1, 0.15) is 5.56 Å². The number of halogens is 1. The lowest BCUT2D eigenvalue weighted by atomic mass is 10.1. The summed E-state index contributed by atoms with van der Waals surface area (Å²) in [6.07, 6.45) is 0.378. The molecule has 0 bridgehead atoms. The molecule has 2 N–H and O–H groups in total. The van der Waals surface area contributed by atoms with Gasteiger partial charge in [0.25, 0.3) is 0 Å². The molecular formula is C18H19FN2O3. The first kappa shape index (κ1) is 17.5. The molecule has 0 saturated heterocycles. The number of nitrogens with zero attached hydrogens (tertiary/aromatic N) is 1. The Bertz CT molecular complexity index is 692. The van der Waals surface area contributed by atoms with Crippen LogP contribution in [-0.4, -0.2) is 36.6 Å². The molecule has 24 heavy (non-hydrogen) atoms. The number of carboxylic acid groups (broad SMARTS) is 1. The lowest BCUT2D eigenvalue weighted by Crippen LogP contribution is -2.40. The molecule has 0 saturated carbocycles. The maximum atomic E-state index is 13.5. The molecule has 6 heteroatoms. The van der Waals surface area contributed by atoms with E-state index in [1.165, 1.54) is 11.0 Å². The van der Waals surface area contributed by atoms with Gasteiger partial charge in [0.05, 0.1) is 6.54 Å². The van der Waals surface area contributed by atoms with E-state index in [9.17, 15) is 14.0 Å². The van der Waals surface area contributed by atoms with E-state index >= 15 is 0 Å². The second kappa shape index (κ2) is 8.67. The van der Waals surface area contributed by atoms with Crippen molar-refractivity contribution in [2.45, 2.75) is 6.42 Å². The van der Waals surface area contributed by atoms with Crippen molar-refractivity contribution in [3.8, 4) is 0 Å². The van der Waals surface area contributed by atoms with Crippen LogP contribution in [-0.2, 0) is 16.0 Å². The van der Waals surface area contributed by atoms with Crippen LogP contribution in [0, 0.1) is 5.82 Å². The van der Waals surface area contributed by atoms with E-state index in [1.807, 2.05) is 6.07 Å². The number of para-hydroxylation sites is 1. The molecule has 0 aromatic heterocycles. The van der Waals surface area contributed by atoms with Crippen molar-refractivity contribution in [1.29, 1.82) is 0 Å². The second-order valence-corrected chi connectivity index (χ2v) is 5.28. The van der Waals surface area contributed by atoms with Crippen LogP contribution in [0.25, 0.3) is 0 Å². The molecule has 126 valence electrons. The molecule has 0 aliphatic heterocycles. The third-order valence-electron chi connectivity index (χ3n) is 3.46. The molecule has 2 rings (SSSR count). The summed E-state index contributed by atoms with van der Waals surface area (Å²) in [5.41, 5.74) is 1.19. The maximum Gasteiger partial charge on any atom is 0.323 e. The quantitative estimate of drug-likeness (QED) is 0.777. The van der Waals surface area contributed by atoms with Crippen LogP contribution in [0.15, 0.2) is 54.6 Å². The number of rotatable bonds is 8. The topological polar surface area (TPSA) is 69.6 Å². The average Bonchev–Trinajstić information content (AvgIpc) is 2.56. The van der Waals surface area contributed by atoms with Crippen LogP contribution in [0.3, 0.4) is 0 Å². The van der Waals surface area contributed by atoms with Crippen molar-refractivity contribution in [1.82, 2.24) is 5.32 Å². The highest BCUT2D eigenvalue weighted by atomic mass is 19.1. The summed E-state index contributed by atoms with van der Waals surface area (Å²) in [6.45, 7) is -0.0617. The standard InChI is InChI=1S/C18H19FN2O3/c19-16-9-5-4-6-14(16)10-11-20-17(22)12-21(13-18(23)24)15-7-2-1-3-8-15/h1-9H,10-13H2,(H,20,22)(H,23,24). The monoisotopic (exact) mass is 330 g/mol. The number of benzene rings is 2. The van der Waals surface area contributed by atoms with Crippen molar-refractivity contribution >= 4 is 17.6 Å². The minimum atomic E-state index is -1.02. The van der Waals surface area contributed by atoms with E-state index in [0.29, 0.717) is 17.7 Å². The van der Waals surface area contributed by atoms with Crippen molar-refractivity contribution in [3.63, 3.8) is 0 Å². The average molecular weight is 330 g/mol. The summed E-state index contributed by atoms with van der Waals surface area (Å²) in [4.78, 5) is 24.5. The predicted molar refractivity (Wildman–Crippen MR) is 89.4 cm³/mol. The van der Waals surface area contributed by atoms with Gasteiger partial charge in [0, 0.05) is 12.2 Å². The number of carboxylic acids is 1. The molecule has 0 fully saturated rings. The van der Waals surface area contributed by atoms with Gasteiger partial charge in [-0.15, -0.1) is 0 Å². The zero-order valence-electron chi connectivity index (χ0n) is 13.1. The smallest absolute Gasteiger partial charge is 0.323 e. The van der Waals surface area contributed by atoms with Gasteiger partial charge in [-0.2, -0.15) is 0 Å². The largest absolute Gasteiger partial charge is 0.480 e. The maximum absolute atomic E-state index is 13.5. The third kappa shape index (κ3) is 5.39. The molecule has 0 aliphatic rings. The zero-order chi connectivity index (χ0) is 17.4. The lowest BCUT2D eigenvalue weighted by Gasteiger charge is -2.22. The predicted octanol–water partition coefficient (Wildman–Crippen LogP) is 2.08. The Morgan fingerprint density at radius 1 is 1.00 bits per heavy atom. The fraction of sp³-hybridized carbons (Fsp3) is 0.222. The van der Waals surface area contributed by atoms with E-state index < -0.39 is 5.97 Å². The molecule has 0 unspecified atom stereocenters. The van der Waals surface area contributed by atoms with Gasteiger partial charge >= 0.3 is 5.97 Å². The molecule has 0 spiro atoms. The SMILES string of the molecule is O=C(O)CN(CC(=O)NCCc1ccccc1F)c1ccccc1. The first-order valence-corrected chi connectivity index (χ1v) is 7.58. The summed E-state index contributed by atoms with van der Waals surface area (Å²) in [5.74, 6) is -1.63.